The Labute approximate surface area is 170 Å². The number of rotatable bonds is 7. The van der Waals surface area contributed by atoms with Gasteiger partial charge in [0.15, 0.2) is 0 Å². The van der Waals surface area contributed by atoms with Crippen LogP contribution in [-0.2, 0) is 21.4 Å². The van der Waals surface area contributed by atoms with E-state index in [-0.39, 0.29) is 23.8 Å². The molecule has 0 aromatic heterocycles. The zero-order valence-electron chi connectivity index (χ0n) is 15.4. The van der Waals surface area contributed by atoms with Crippen LogP contribution in [0.25, 0.3) is 0 Å². The summed E-state index contributed by atoms with van der Waals surface area (Å²) in [6.07, 6.45) is 0.0474. The SMILES string of the molecule is Cc1ccc(C)c(S(=O)(=O)NCCC(=O)N(C)Cc2ccc(Cl)cc2Cl)c1. The average Bonchev–Trinajstić information content (AvgIpc) is 2.59. The molecule has 1 N–H and O–H groups in total. The monoisotopic (exact) mass is 428 g/mol. The molecule has 0 atom stereocenters. The molecule has 2 aromatic rings. The number of halogens is 2. The molecule has 0 saturated heterocycles. The maximum Gasteiger partial charge on any atom is 0.240 e. The Hall–Kier alpha value is -1.60. The molecule has 27 heavy (non-hydrogen) atoms. The maximum atomic E-state index is 12.5. The summed E-state index contributed by atoms with van der Waals surface area (Å²) >= 11 is 12.0. The minimum atomic E-state index is -3.66. The van der Waals surface area contributed by atoms with E-state index in [0.717, 1.165) is 11.1 Å². The van der Waals surface area contributed by atoms with E-state index in [0.29, 0.717) is 22.2 Å². The molecule has 2 aromatic carbocycles. The van der Waals surface area contributed by atoms with Crippen molar-refractivity contribution >= 4 is 39.1 Å². The fourth-order valence-corrected chi connectivity index (χ4v) is 4.38. The number of sulfonamides is 1. The summed E-state index contributed by atoms with van der Waals surface area (Å²) in [5.74, 6) is -0.190. The van der Waals surface area contributed by atoms with Gasteiger partial charge in [0.25, 0.3) is 0 Å². The standard InChI is InChI=1S/C19H22Cl2N2O3S/c1-13-4-5-14(2)18(10-13)27(25,26)22-9-8-19(24)23(3)12-15-6-7-16(20)11-17(15)21/h4-7,10-11,22H,8-9,12H2,1-3H3. The molecule has 0 fully saturated rings. The Kier molecular flexibility index (Phi) is 7.28. The summed E-state index contributed by atoms with van der Waals surface area (Å²) in [4.78, 5) is 14.0. The summed E-state index contributed by atoms with van der Waals surface area (Å²) < 4.78 is 27.4. The van der Waals surface area contributed by atoms with Crippen molar-refractivity contribution in [1.29, 1.82) is 0 Å². The quantitative estimate of drug-likeness (QED) is 0.725. The number of amides is 1. The van der Waals surface area contributed by atoms with Gasteiger partial charge in [-0.3, -0.25) is 4.79 Å². The number of hydrogen-bond acceptors (Lipinski definition) is 3. The van der Waals surface area contributed by atoms with Crippen LogP contribution in [0, 0.1) is 13.8 Å². The summed E-state index contributed by atoms with van der Waals surface area (Å²) in [6, 6.07) is 10.3. The third-order valence-electron chi connectivity index (χ3n) is 4.11. The summed E-state index contributed by atoms with van der Waals surface area (Å²) in [7, 11) is -2.02. The van der Waals surface area contributed by atoms with Crippen LogP contribution in [0.1, 0.15) is 23.1 Å². The molecule has 0 radical (unpaired) electrons. The van der Waals surface area contributed by atoms with Gasteiger partial charge in [-0.1, -0.05) is 41.4 Å². The Bertz CT molecular complexity index is 946. The van der Waals surface area contributed by atoms with Gasteiger partial charge in [0.2, 0.25) is 15.9 Å². The smallest absolute Gasteiger partial charge is 0.240 e. The predicted octanol–water partition coefficient (Wildman–Crippen LogP) is 3.94. The van der Waals surface area contributed by atoms with E-state index in [4.69, 9.17) is 23.2 Å². The van der Waals surface area contributed by atoms with Gasteiger partial charge in [-0.25, -0.2) is 13.1 Å². The van der Waals surface area contributed by atoms with Gasteiger partial charge < -0.3 is 4.90 Å². The van der Waals surface area contributed by atoms with E-state index in [1.54, 1.807) is 44.3 Å². The Morgan fingerprint density at radius 3 is 2.48 bits per heavy atom. The van der Waals surface area contributed by atoms with E-state index in [1.165, 1.54) is 4.90 Å². The minimum absolute atomic E-state index is 0.0211. The molecule has 0 bridgehead atoms. The number of carbonyl (C=O) groups excluding carboxylic acids is 1. The molecule has 0 spiro atoms. The lowest BCUT2D eigenvalue weighted by Gasteiger charge is -2.18. The first-order chi connectivity index (χ1) is 12.6. The zero-order valence-corrected chi connectivity index (χ0v) is 17.7. The highest BCUT2D eigenvalue weighted by Crippen LogP contribution is 2.22. The van der Waals surface area contributed by atoms with Crippen LogP contribution in [0.2, 0.25) is 10.0 Å². The van der Waals surface area contributed by atoms with Crippen LogP contribution < -0.4 is 4.72 Å². The van der Waals surface area contributed by atoms with Crippen LogP contribution in [-0.4, -0.2) is 32.8 Å². The average molecular weight is 429 g/mol. The van der Waals surface area contributed by atoms with E-state index in [2.05, 4.69) is 4.72 Å². The highest BCUT2D eigenvalue weighted by molar-refractivity contribution is 7.89. The Morgan fingerprint density at radius 1 is 1.11 bits per heavy atom. The lowest BCUT2D eigenvalue weighted by molar-refractivity contribution is -0.130. The molecule has 0 saturated carbocycles. The van der Waals surface area contributed by atoms with Crippen molar-refractivity contribution in [2.24, 2.45) is 0 Å². The van der Waals surface area contributed by atoms with Gasteiger partial charge in [-0.2, -0.15) is 0 Å². The highest BCUT2D eigenvalue weighted by Gasteiger charge is 2.18. The fraction of sp³-hybridized carbons (Fsp3) is 0.316. The number of aryl methyl sites for hydroxylation is 2. The zero-order chi connectivity index (χ0) is 20.2. The van der Waals surface area contributed by atoms with Crippen LogP contribution in [0.4, 0.5) is 0 Å². The first-order valence-corrected chi connectivity index (χ1v) is 10.6. The molecule has 8 heteroatoms. The van der Waals surface area contributed by atoms with Crippen molar-refractivity contribution < 1.29 is 13.2 Å². The van der Waals surface area contributed by atoms with Crippen molar-refractivity contribution in [2.45, 2.75) is 31.7 Å². The van der Waals surface area contributed by atoms with Gasteiger partial charge >= 0.3 is 0 Å². The van der Waals surface area contributed by atoms with Gasteiger partial charge in [-0.05, 0) is 48.7 Å². The molecule has 0 aliphatic rings. The molecule has 146 valence electrons. The minimum Gasteiger partial charge on any atom is -0.341 e. The Balaban J connectivity index is 1.93. The van der Waals surface area contributed by atoms with Crippen molar-refractivity contribution in [3.63, 3.8) is 0 Å². The van der Waals surface area contributed by atoms with Crippen molar-refractivity contribution in [1.82, 2.24) is 9.62 Å². The van der Waals surface area contributed by atoms with Crippen LogP contribution in [0.3, 0.4) is 0 Å². The molecule has 1 amide bonds. The van der Waals surface area contributed by atoms with E-state index in [9.17, 15) is 13.2 Å². The van der Waals surface area contributed by atoms with Crippen LogP contribution in [0.5, 0.6) is 0 Å². The second kappa shape index (κ2) is 9.06. The van der Waals surface area contributed by atoms with Crippen molar-refractivity contribution in [3.8, 4) is 0 Å². The van der Waals surface area contributed by atoms with Gasteiger partial charge in [0.1, 0.15) is 0 Å². The van der Waals surface area contributed by atoms with Crippen LogP contribution in [0.15, 0.2) is 41.3 Å². The fourth-order valence-electron chi connectivity index (χ4n) is 2.55. The van der Waals surface area contributed by atoms with Gasteiger partial charge in [0.05, 0.1) is 4.90 Å². The number of carbonyl (C=O) groups is 1. The van der Waals surface area contributed by atoms with Gasteiger partial charge in [-0.15, -0.1) is 0 Å². The molecular weight excluding hydrogens is 407 g/mol. The molecule has 0 aliphatic carbocycles. The molecule has 0 heterocycles. The lowest BCUT2D eigenvalue weighted by atomic mass is 10.2. The third-order valence-corrected chi connectivity index (χ3v) is 6.30. The highest BCUT2D eigenvalue weighted by atomic mass is 35.5. The van der Waals surface area contributed by atoms with Crippen LogP contribution >= 0.6 is 23.2 Å². The molecular formula is C19H22Cl2N2O3S. The molecule has 0 unspecified atom stereocenters. The number of nitrogens with zero attached hydrogens (tertiary/aromatic N) is 1. The predicted molar refractivity (Wildman–Crippen MR) is 109 cm³/mol. The maximum absolute atomic E-state index is 12.5. The first-order valence-electron chi connectivity index (χ1n) is 8.35. The third kappa shape index (κ3) is 5.94. The number of benzene rings is 2. The number of nitrogens with one attached hydrogen (secondary N) is 1. The largest absolute Gasteiger partial charge is 0.341 e. The summed E-state index contributed by atoms with van der Waals surface area (Å²) in [6.45, 7) is 3.91. The topological polar surface area (TPSA) is 66.5 Å². The van der Waals surface area contributed by atoms with E-state index >= 15 is 0 Å². The van der Waals surface area contributed by atoms with E-state index < -0.39 is 10.0 Å². The Morgan fingerprint density at radius 2 is 1.81 bits per heavy atom. The molecule has 5 nitrogen and oxygen atoms in total. The normalized spacial score (nSPS) is 11.4. The molecule has 0 aliphatic heterocycles. The van der Waals surface area contributed by atoms with Crippen molar-refractivity contribution in [2.75, 3.05) is 13.6 Å². The lowest BCUT2D eigenvalue weighted by Crippen LogP contribution is -2.32. The van der Waals surface area contributed by atoms with Gasteiger partial charge in [0, 0.05) is 36.6 Å². The van der Waals surface area contributed by atoms with E-state index in [1.807, 2.05) is 13.0 Å². The second-order valence-corrected chi connectivity index (χ2v) is 8.98. The number of hydrogen-bond donors (Lipinski definition) is 1. The first kappa shape index (κ1) is 21.7. The summed E-state index contributed by atoms with van der Waals surface area (Å²) in [5, 5.41) is 1.01. The molecule has 2 rings (SSSR count). The summed E-state index contributed by atoms with van der Waals surface area (Å²) in [5.41, 5.74) is 2.29. The van der Waals surface area contributed by atoms with Crippen molar-refractivity contribution in [3.05, 3.63) is 63.1 Å². The second-order valence-electron chi connectivity index (χ2n) is 6.40.